The van der Waals surface area contributed by atoms with Gasteiger partial charge in [0, 0.05) is 49.1 Å². The first-order valence-electron chi connectivity index (χ1n) is 9.15. The Balaban J connectivity index is 1.38. The van der Waals surface area contributed by atoms with Crippen LogP contribution >= 0.6 is 11.8 Å². The molecule has 1 amide bonds. The number of benzene rings is 1. The normalized spacial score (nSPS) is 20.0. The minimum Gasteiger partial charge on any atom is -0.360 e. The number of para-hydroxylation sites is 1. The van der Waals surface area contributed by atoms with E-state index in [1.54, 1.807) is 0 Å². The molecule has 26 heavy (non-hydrogen) atoms. The molecule has 0 spiro atoms. The van der Waals surface area contributed by atoms with E-state index in [-0.39, 0.29) is 5.91 Å². The Labute approximate surface area is 159 Å². The maximum atomic E-state index is 12.9. The highest BCUT2D eigenvalue weighted by molar-refractivity contribution is 8.00. The summed E-state index contributed by atoms with van der Waals surface area (Å²) in [6.45, 7) is 6.80. The fraction of sp³-hybridized carbons (Fsp3) is 0.400. The van der Waals surface area contributed by atoms with Crippen LogP contribution < -0.4 is 9.80 Å². The van der Waals surface area contributed by atoms with Crippen molar-refractivity contribution in [1.29, 1.82) is 0 Å². The second-order valence-electron chi connectivity index (χ2n) is 6.83. The Bertz CT molecular complexity index is 761. The SMILES string of the molecule is CC1CN(CC(=O)N2CCN(c3ccccn3)CC2)c2ccccc2S1. The van der Waals surface area contributed by atoms with E-state index in [0.717, 1.165) is 38.5 Å². The number of carbonyl (C=O) groups is 1. The molecule has 3 heterocycles. The number of pyridine rings is 1. The molecule has 1 aromatic carbocycles. The van der Waals surface area contributed by atoms with Gasteiger partial charge in [0.25, 0.3) is 0 Å². The predicted octanol–water partition coefficient (Wildman–Crippen LogP) is 2.73. The summed E-state index contributed by atoms with van der Waals surface area (Å²) in [4.78, 5) is 25.0. The van der Waals surface area contributed by atoms with Gasteiger partial charge in [0.1, 0.15) is 5.82 Å². The Morgan fingerprint density at radius 1 is 1.12 bits per heavy atom. The standard InChI is InChI=1S/C20H24N4OS/c1-16-14-24(17-6-2-3-7-18(17)26-16)15-20(25)23-12-10-22(11-13-23)19-8-4-5-9-21-19/h2-9,16H,10-15H2,1H3. The highest BCUT2D eigenvalue weighted by Crippen LogP contribution is 2.37. The number of piperazine rings is 1. The molecular formula is C20H24N4OS. The molecule has 1 aromatic heterocycles. The number of hydrogen-bond acceptors (Lipinski definition) is 5. The number of fused-ring (bicyclic) bond motifs is 1. The van der Waals surface area contributed by atoms with Gasteiger partial charge in [-0.15, -0.1) is 11.8 Å². The molecule has 0 radical (unpaired) electrons. The molecule has 1 unspecified atom stereocenters. The quantitative estimate of drug-likeness (QED) is 0.833. The molecule has 1 saturated heterocycles. The topological polar surface area (TPSA) is 39.7 Å². The highest BCUT2D eigenvalue weighted by atomic mass is 32.2. The predicted molar refractivity (Wildman–Crippen MR) is 107 cm³/mol. The van der Waals surface area contributed by atoms with Gasteiger partial charge in [0.05, 0.1) is 12.2 Å². The summed E-state index contributed by atoms with van der Waals surface area (Å²) in [6.07, 6.45) is 1.82. The fourth-order valence-corrected chi connectivity index (χ4v) is 4.78. The molecule has 2 aliphatic heterocycles. The molecule has 1 fully saturated rings. The third-order valence-corrected chi connectivity index (χ3v) is 6.09. The summed E-state index contributed by atoms with van der Waals surface area (Å²) in [7, 11) is 0. The molecule has 0 N–H and O–H groups in total. The first kappa shape index (κ1) is 17.2. The molecule has 0 aliphatic carbocycles. The third-order valence-electron chi connectivity index (χ3n) is 4.94. The zero-order chi connectivity index (χ0) is 17.9. The monoisotopic (exact) mass is 368 g/mol. The van der Waals surface area contributed by atoms with Gasteiger partial charge in [-0.05, 0) is 24.3 Å². The summed E-state index contributed by atoms with van der Waals surface area (Å²) in [5, 5.41) is 0.499. The van der Waals surface area contributed by atoms with Gasteiger partial charge in [-0.1, -0.05) is 25.1 Å². The number of carbonyl (C=O) groups excluding carboxylic acids is 1. The maximum Gasteiger partial charge on any atom is 0.242 e. The smallest absolute Gasteiger partial charge is 0.242 e. The zero-order valence-electron chi connectivity index (χ0n) is 15.0. The van der Waals surface area contributed by atoms with Gasteiger partial charge in [-0.2, -0.15) is 0 Å². The summed E-state index contributed by atoms with van der Waals surface area (Å²) >= 11 is 1.90. The number of thioether (sulfide) groups is 1. The highest BCUT2D eigenvalue weighted by Gasteiger charge is 2.27. The maximum absolute atomic E-state index is 12.9. The number of nitrogens with zero attached hydrogens (tertiary/aromatic N) is 4. The average Bonchev–Trinajstić information content (AvgIpc) is 2.68. The van der Waals surface area contributed by atoms with E-state index in [2.05, 4.69) is 46.0 Å². The average molecular weight is 369 g/mol. The largest absolute Gasteiger partial charge is 0.360 e. The van der Waals surface area contributed by atoms with Crippen molar-refractivity contribution in [1.82, 2.24) is 9.88 Å². The lowest BCUT2D eigenvalue weighted by Crippen LogP contribution is -2.52. The second kappa shape index (κ2) is 7.58. The van der Waals surface area contributed by atoms with E-state index in [1.165, 1.54) is 10.6 Å². The van der Waals surface area contributed by atoms with Crippen molar-refractivity contribution in [2.24, 2.45) is 0 Å². The Morgan fingerprint density at radius 2 is 1.88 bits per heavy atom. The summed E-state index contributed by atoms with van der Waals surface area (Å²) in [5.41, 5.74) is 1.19. The number of hydrogen-bond donors (Lipinski definition) is 0. The van der Waals surface area contributed by atoms with Crippen LogP contribution in [0.4, 0.5) is 11.5 Å². The number of aromatic nitrogens is 1. The van der Waals surface area contributed by atoms with Crippen LogP contribution in [0.1, 0.15) is 6.92 Å². The van der Waals surface area contributed by atoms with Gasteiger partial charge in [0.2, 0.25) is 5.91 Å². The van der Waals surface area contributed by atoms with Crippen molar-refractivity contribution >= 4 is 29.2 Å². The van der Waals surface area contributed by atoms with E-state index in [9.17, 15) is 4.79 Å². The molecule has 2 aliphatic rings. The Morgan fingerprint density at radius 3 is 2.65 bits per heavy atom. The van der Waals surface area contributed by atoms with Crippen LogP contribution in [0.2, 0.25) is 0 Å². The molecule has 1 atom stereocenters. The molecule has 4 rings (SSSR count). The fourth-order valence-electron chi connectivity index (χ4n) is 3.62. The van der Waals surface area contributed by atoms with E-state index in [0.29, 0.717) is 11.8 Å². The lowest BCUT2D eigenvalue weighted by Gasteiger charge is -2.38. The Hall–Kier alpha value is -2.21. The number of anilines is 2. The van der Waals surface area contributed by atoms with Gasteiger partial charge in [-0.25, -0.2) is 4.98 Å². The van der Waals surface area contributed by atoms with Crippen LogP contribution in [0.3, 0.4) is 0 Å². The van der Waals surface area contributed by atoms with Crippen molar-refractivity contribution < 1.29 is 4.79 Å². The van der Waals surface area contributed by atoms with Crippen LogP contribution in [-0.4, -0.2) is 60.3 Å². The van der Waals surface area contributed by atoms with Crippen LogP contribution in [0.25, 0.3) is 0 Å². The minimum atomic E-state index is 0.222. The van der Waals surface area contributed by atoms with E-state index < -0.39 is 0 Å². The summed E-state index contributed by atoms with van der Waals surface area (Å²) in [6, 6.07) is 14.4. The number of amides is 1. The van der Waals surface area contributed by atoms with Gasteiger partial charge in [-0.3, -0.25) is 4.79 Å². The zero-order valence-corrected chi connectivity index (χ0v) is 15.9. The van der Waals surface area contributed by atoms with Crippen LogP contribution in [0.15, 0.2) is 53.6 Å². The van der Waals surface area contributed by atoms with Gasteiger partial charge < -0.3 is 14.7 Å². The van der Waals surface area contributed by atoms with Gasteiger partial charge in [0.15, 0.2) is 0 Å². The molecule has 136 valence electrons. The second-order valence-corrected chi connectivity index (χ2v) is 8.31. The summed E-state index contributed by atoms with van der Waals surface area (Å²) in [5.74, 6) is 1.22. The van der Waals surface area contributed by atoms with E-state index in [4.69, 9.17) is 0 Å². The van der Waals surface area contributed by atoms with Crippen LogP contribution in [0, 0.1) is 0 Å². The minimum absolute atomic E-state index is 0.222. The van der Waals surface area contributed by atoms with Crippen molar-refractivity contribution in [3.63, 3.8) is 0 Å². The lowest BCUT2D eigenvalue weighted by atomic mass is 10.2. The van der Waals surface area contributed by atoms with E-state index >= 15 is 0 Å². The van der Waals surface area contributed by atoms with Crippen molar-refractivity contribution in [3.05, 3.63) is 48.7 Å². The molecular weight excluding hydrogens is 344 g/mol. The molecule has 5 nitrogen and oxygen atoms in total. The first-order chi connectivity index (χ1) is 12.7. The lowest BCUT2D eigenvalue weighted by molar-refractivity contribution is -0.130. The molecule has 6 heteroatoms. The van der Waals surface area contributed by atoms with Gasteiger partial charge >= 0.3 is 0 Å². The third kappa shape index (κ3) is 3.65. The van der Waals surface area contributed by atoms with Crippen molar-refractivity contribution in [3.8, 4) is 0 Å². The van der Waals surface area contributed by atoms with Crippen LogP contribution in [0.5, 0.6) is 0 Å². The molecule has 2 aromatic rings. The first-order valence-corrected chi connectivity index (χ1v) is 10.0. The van der Waals surface area contributed by atoms with Crippen molar-refractivity contribution in [2.75, 3.05) is 49.1 Å². The molecule has 0 bridgehead atoms. The molecule has 0 saturated carbocycles. The Kier molecular flexibility index (Phi) is 5.02. The van der Waals surface area contributed by atoms with Crippen molar-refractivity contribution in [2.45, 2.75) is 17.1 Å². The summed E-state index contributed by atoms with van der Waals surface area (Å²) < 4.78 is 0. The van der Waals surface area contributed by atoms with E-state index in [1.807, 2.05) is 41.1 Å². The van der Waals surface area contributed by atoms with Crippen LogP contribution in [-0.2, 0) is 4.79 Å². The number of rotatable bonds is 3.